The molecule has 0 atom stereocenters. The summed E-state index contributed by atoms with van der Waals surface area (Å²) in [5, 5.41) is 3.24. The van der Waals surface area contributed by atoms with Gasteiger partial charge in [-0.25, -0.2) is 0 Å². The van der Waals surface area contributed by atoms with Crippen molar-refractivity contribution in [2.24, 2.45) is 0 Å². The number of amides is 2. The summed E-state index contributed by atoms with van der Waals surface area (Å²) in [6, 6.07) is 16.6. The van der Waals surface area contributed by atoms with Gasteiger partial charge in [0.15, 0.2) is 0 Å². The van der Waals surface area contributed by atoms with E-state index in [1.54, 1.807) is 31.3 Å². The average Bonchev–Trinajstić information content (AvgIpc) is 2.54. The summed E-state index contributed by atoms with van der Waals surface area (Å²) < 4.78 is 0. The molecule has 0 fully saturated rings. The first-order valence-corrected chi connectivity index (χ1v) is 7.25. The van der Waals surface area contributed by atoms with E-state index in [1.165, 1.54) is 4.90 Å². The second kappa shape index (κ2) is 7.61. The Balaban J connectivity index is 1.86. The van der Waals surface area contributed by atoms with Crippen molar-refractivity contribution in [2.75, 3.05) is 7.05 Å². The lowest BCUT2D eigenvalue weighted by Crippen LogP contribution is -2.40. The van der Waals surface area contributed by atoms with Crippen molar-refractivity contribution in [3.8, 4) is 0 Å². The van der Waals surface area contributed by atoms with E-state index in [0.717, 1.165) is 11.1 Å². The van der Waals surface area contributed by atoms with Crippen LogP contribution in [0, 0.1) is 0 Å². The molecule has 0 saturated carbocycles. The fourth-order valence-electron chi connectivity index (χ4n) is 1.96. The molecule has 0 heterocycles. The van der Waals surface area contributed by atoms with E-state index in [4.69, 9.17) is 11.6 Å². The van der Waals surface area contributed by atoms with Crippen molar-refractivity contribution in [1.29, 1.82) is 0 Å². The van der Waals surface area contributed by atoms with Crippen LogP contribution in [-0.4, -0.2) is 23.8 Å². The van der Waals surface area contributed by atoms with Gasteiger partial charge in [0.2, 0.25) is 0 Å². The summed E-state index contributed by atoms with van der Waals surface area (Å²) in [5.41, 5.74) is 1.86. The van der Waals surface area contributed by atoms with Gasteiger partial charge in [0.1, 0.15) is 0 Å². The van der Waals surface area contributed by atoms with E-state index in [2.05, 4.69) is 5.32 Å². The lowest BCUT2D eigenvalue weighted by molar-refractivity contribution is -0.145. The molecular weight excluding hydrogens is 300 g/mol. The highest BCUT2D eigenvalue weighted by molar-refractivity contribution is 6.34. The summed E-state index contributed by atoms with van der Waals surface area (Å²) in [5.74, 6) is -1.17. The molecule has 4 nitrogen and oxygen atoms in total. The SMILES string of the molecule is CN(Cc1ccccc1)C(=O)C(=O)NCc1ccc(Cl)cc1. The Labute approximate surface area is 134 Å². The molecular formula is C17H17ClN2O2. The smallest absolute Gasteiger partial charge is 0.311 e. The number of nitrogens with zero attached hydrogens (tertiary/aromatic N) is 1. The molecule has 0 spiro atoms. The van der Waals surface area contributed by atoms with Crippen LogP contribution in [0.5, 0.6) is 0 Å². The number of carbonyl (C=O) groups is 2. The molecule has 0 unspecified atom stereocenters. The lowest BCUT2D eigenvalue weighted by Gasteiger charge is -2.16. The second-order valence-corrected chi connectivity index (χ2v) is 5.39. The van der Waals surface area contributed by atoms with E-state index in [-0.39, 0.29) is 0 Å². The van der Waals surface area contributed by atoms with E-state index in [1.807, 2.05) is 30.3 Å². The van der Waals surface area contributed by atoms with Crippen molar-refractivity contribution in [3.05, 3.63) is 70.7 Å². The van der Waals surface area contributed by atoms with Crippen molar-refractivity contribution in [3.63, 3.8) is 0 Å². The first-order chi connectivity index (χ1) is 10.6. The topological polar surface area (TPSA) is 49.4 Å². The average molecular weight is 317 g/mol. The van der Waals surface area contributed by atoms with Crippen LogP contribution in [0.4, 0.5) is 0 Å². The van der Waals surface area contributed by atoms with Gasteiger partial charge < -0.3 is 10.2 Å². The highest BCUT2D eigenvalue weighted by Gasteiger charge is 2.18. The van der Waals surface area contributed by atoms with Crippen molar-refractivity contribution < 1.29 is 9.59 Å². The van der Waals surface area contributed by atoms with Crippen LogP contribution in [0.1, 0.15) is 11.1 Å². The van der Waals surface area contributed by atoms with Crippen LogP contribution in [0.2, 0.25) is 5.02 Å². The zero-order chi connectivity index (χ0) is 15.9. The minimum Gasteiger partial charge on any atom is -0.344 e. The molecule has 2 aromatic carbocycles. The number of hydrogen-bond acceptors (Lipinski definition) is 2. The summed E-state index contributed by atoms with van der Waals surface area (Å²) >= 11 is 5.80. The summed E-state index contributed by atoms with van der Waals surface area (Å²) in [6.07, 6.45) is 0. The predicted octanol–water partition coefficient (Wildman–Crippen LogP) is 2.61. The monoisotopic (exact) mass is 316 g/mol. The van der Waals surface area contributed by atoms with Crippen LogP contribution < -0.4 is 5.32 Å². The number of halogens is 1. The Morgan fingerprint density at radius 1 is 1.00 bits per heavy atom. The van der Waals surface area contributed by atoms with E-state index in [9.17, 15) is 9.59 Å². The van der Waals surface area contributed by atoms with Gasteiger partial charge in [-0.15, -0.1) is 0 Å². The zero-order valence-corrected chi connectivity index (χ0v) is 13.0. The Morgan fingerprint density at radius 2 is 1.64 bits per heavy atom. The van der Waals surface area contributed by atoms with E-state index < -0.39 is 11.8 Å². The maximum absolute atomic E-state index is 12.0. The van der Waals surface area contributed by atoms with Crippen LogP contribution in [0.3, 0.4) is 0 Å². The first kappa shape index (κ1) is 16.0. The van der Waals surface area contributed by atoms with Crippen LogP contribution in [0.15, 0.2) is 54.6 Å². The Morgan fingerprint density at radius 3 is 2.27 bits per heavy atom. The van der Waals surface area contributed by atoms with Gasteiger partial charge in [0.25, 0.3) is 0 Å². The third kappa shape index (κ3) is 4.60. The van der Waals surface area contributed by atoms with Gasteiger partial charge in [-0.1, -0.05) is 54.1 Å². The number of nitrogens with one attached hydrogen (secondary N) is 1. The highest BCUT2D eigenvalue weighted by Crippen LogP contribution is 2.09. The molecule has 5 heteroatoms. The molecule has 0 bridgehead atoms. The van der Waals surface area contributed by atoms with Crippen LogP contribution >= 0.6 is 11.6 Å². The van der Waals surface area contributed by atoms with Gasteiger partial charge in [0.05, 0.1) is 0 Å². The van der Waals surface area contributed by atoms with E-state index >= 15 is 0 Å². The molecule has 114 valence electrons. The molecule has 2 rings (SSSR count). The van der Waals surface area contributed by atoms with Gasteiger partial charge in [0, 0.05) is 25.2 Å². The quantitative estimate of drug-likeness (QED) is 0.882. The Kier molecular flexibility index (Phi) is 5.55. The summed E-state index contributed by atoms with van der Waals surface area (Å²) in [4.78, 5) is 25.3. The largest absolute Gasteiger partial charge is 0.344 e. The van der Waals surface area contributed by atoms with Gasteiger partial charge in [-0.05, 0) is 23.3 Å². The second-order valence-electron chi connectivity index (χ2n) is 4.96. The standard InChI is InChI=1S/C17H17ClN2O2/c1-20(12-14-5-3-2-4-6-14)17(22)16(21)19-11-13-7-9-15(18)10-8-13/h2-10H,11-12H2,1H3,(H,19,21). The normalized spacial score (nSPS) is 10.1. The van der Waals surface area contributed by atoms with Crippen molar-refractivity contribution in [2.45, 2.75) is 13.1 Å². The Hall–Kier alpha value is -2.33. The first-order valence-electron chi connectivity index (χ1n) is 6.88. The highest BCUT2D eigenvalue weighted by atomic mass is 35.5. The maximum atomic E-state index is 12.0. The summed E-state index contributed by atoms with van der Waals surface area (Å²) in [6.45, 7) is 0.689. The third-order valence-electron chi connectivity index (χ3n) is 3.17. The molecule has 2 aromatic rings. The third-order valence-corrected chi connectivity index (χ3v) is 3.42. The minimum absolute atomic E-state index is 0.293. The number of carbonyl (C=O) groups excluding carboxylic acids is 2. The van der Waals surface area contributed by atoms with Gasteiger partial charge in [-0.3, -0.25) is 9.59 Å². The number of likely N-dealkylation sites (N-methyl/N-ethyl adjacent to an activating group) is 1. The molecule has 0 saturated heterocycles. The molecule has 0 aromatic heterocycles. The molecule has 0 aliphatic rings. The molecule has 22 heavy (non-hydrogen) atoms. The van der Waals surface area contributed by atoms with Crippen LogP contribution in [-0.2, 0) is 22.7 Å². The summed E-state index contributed by atoms with van der Waals surface area (Å²) in [7, 11) is 1.61. The fourth-order valence-corrected chi connectivity index (χ4v) is 2.09. The van der Waals surface area contributed by atoms with Crippen LogP contribution in [0.25, 0.3) is 0 Å². The number of benzene rings is 2. The zero-order valence-electron chi connectivity index (χ0n) is 12.3. The minimum atomic E-state index is -0.617. The molecule has 0 aliphatic heterocycles. The molecule has 2 amide bonds. The van der Waals surface area contributed by atoms with Crippen molar-refractivity contribution in [1.82, 2.24) is 10.2 Å². The van der Waals surface area contributed by atoms with Gasteiger partial charge >= 0.3 is 11.8 Å². The van der Waals surface area contributed by atoms with Crippen molar-refractivity contribution >= 4 is 23.4 Å². The predicted molar refractivity (Wildman–Crippen MR) is 86.2 cm³/mol. The molecule has 0 radical (unpaired) electrons. The van der Waals surface area contributed by atoms with E-state index in [0.29, 0.717) is 18.1 Å². The fraction of sp³-hybridized carbons (Fsp3) is 0.176. The number of hydrogen-bond donors (Lipinski definition) is 1. The number of rotatable bonds is 4. The molecule has 1 N–H and O–H groups in total. The maximum Gasteiger partial charge on any atom is 0.311 e. The Bertz CT molecular complexity index is 641. The molecule has 0 aliphatic carbocycles. The van der Waals surface area contributed by atoms with Gasteiger partial charge in [-0.2, -0.15) is 0 Å². The lowest BCUT2D eigenvalue weighted by atomic mass is 10.2.